The van der Waals surface area contributed by atoms with E-state index < -0.39 is 6.03 Å². The second-order valence-corrected chi connectivity index (χ2v) is 5.05. The minimum Gasteiger partial charge on any atom is -0.490 e. The Kier molecular flexibility index (Phi) is 6.59. The third-order valence-electron chi connectivity index (χ3n) is 3.29. The van der Waals surface area contributed by atoms with E-state index in [9.17, 15) is 9.59 Å². The zero-order valence-electron chi connectivity index (χ0n) is 14.3. The molecule has 0 aliphatic heterocycles. The van der Waals surface area contributed by atoms with Crippen LogP contribution in [0.15, 0.2) is 30.5 Å². The summed E-state index contributed by atoms with van der Waals surface area (Å²) in [4.78, 5) is 32.5. The summed E-state index contributed by atoms with van der Waals surface area (Å²) in [5.74, 6) is 0.802. The second kappa shape index (κ2) is 9.10. The van der Waals surface area contributed by atoms with E-state index in [2.05, 4.69) is 15.3 Å². The molecule has 0 atom stereocenters. The Hall–Kier alpha value is -3.51. The van der Waals surface area contributed by atoms with Crippen LogP contribution in [0.5, 0.6) is 5.75 Å². The molecule has 0 aromatic carbocycles. The van der Waals surface area contributed by atoms with E-state index in [1.54, 1.807) is 12.1 Å². The highest BCUT2D eigenvalue weighted by Gasteiger charge is 2.15. The van der Waals surface area contributed by atoms with Gasteiger partial charge in [0.15, 0.2) is 6.29 Å². The van der Waals surface area contributed by atoms with Gasteiger partial charge in [-0.3, -0.25) is 15.0 Å². The first-order valence-electron chi connectivity index (χ1n) is 7.58. The number of carbonyl (C=O) groups excluding carboxylic acids is 2. The molecule has 26 heavy (non-hydrogen) atoms. The van der Waals surface area contributed by atoms with Crippen molar-refractivity contribution in [3.63, 3.8) is 0 Å². The first kappa shape index (κ1) is 18.8. The largest absolute Gasteiger partial charge is 0.490 e. The highest BCUT2D eigenvalue weighted by molar-refractivity contribution is 6.00. The van der Waals surface area contributed by atoms with Crippen LogP contribution >= 0.6 is 0 Å². The number of nitrogens with one attached hydrogen (secondary N) is 1. The van der Waals surface area contributed by atoms with Crippen molar-refractivity contribution in [1.29, 1.82) is 5.26 Å². The van der Waals surface area contributed by atoms with Crippen molar-refractivity contribution in [3.8, 4) is 11.8 Å². The van der Waals surface area contributed by atoms with Gasteiger partial charge in [0.1, 0.15) is 41.3 Å². The molecule has 0 radical (unpaired) electrons. The SMILES string of the molecule is COCCOc1cc(NC(=O)N(C)c2cccc(C=O)n2)ncc1C#N. The van der Waals surface area contributed by atoms with E-state index in [0.29, 0.717) is 24.5 Å². The fourth-order valence-electron chi connectivity index (χ4n) is 1.93. The average molecular weight is 355 g/mol. The van der Waals surface area contributed by atoms with Gasteiger partial charge < -0.3 is 9.47 Å². The van der Waals surface area contributed by atoms with Crippen LogP contribution in [0.4, 0.5) is 16.4 Å². The fourth-order valence-corrected chi connectivity index (χ4v) is 1.93. The lowest BCUT2D eigenvalue weighted by atomic mass is 10.3. The van der Waals surface area contributed by atoms with Crippen LogP contribution in [0.3, 0.4) is 0 Å². The van der Waals surface area contributed by atoms with Gasteiger partial charge in [0.2, 0.25) is 0 Å². The molecule has 2 rings (SSSR count). The maximum Gasteiger partial charge on any atom is 0.328 e. The summed E-state index contributed by atoms with van der Waals surface area (Å²) >= 11 is 0. The van der Waals surface area contributed by atoms with Gasteiger partial charge >= 0.3 is 6.03 Å². The molecule has 0 fully saturated rings. The van der Waals surface area contributed by atoms with E-state index in [4.69, 9.17) is 14.7 Å². The molecule has 134 valence electrons. The molecular formula is C17H17N5O4. The van der Waals surface area contributed by atoms with Crippen molar-refractivity contribution >= 4 is 24.0 Å². The molecule has 9 nitrogen and oxygen atoms in total. The lowest BCUT2D eigenvalue weighted by Gasteiger charge is -2.17. The molecule has 2 amide bonds. The summed E-state index contributed by atoms with van der Waals surface area (Å²) in [7, 11) is 3.04. The van der Waals surface area contributed by atoms with Crippen LogP contribution in [0.25, 0.3) is 0 Å². The molecule has 9 heteroatoms. The highest BCUT2D eigenvalue weighted by atomic mass is 16.5. The Balaban J connectivity index is 2.13. The molecule has 0 saturated carbocycles. The molecule has 0 spiro atoms. The smallest absolute Gasteiger partial charge is 0.328 e. The van der Waals surface area contributed by atoms with Gasteiger partial charge in [0.25, 0.3) is 0 Å². The number of nitriles is 1. The molecule has 2 aromatic heterocycles. The third-order valence-corrected chi connectivity index (χ3v) is 3.29. The second-order valence-electron chi connectivity index (χ2n) is 5.05. The van der Waals surface area contributed by atoms with Crippen molar-refractivity contribution < 1.29 is 19.1 Å². The summed E-state index contributed by atoms with van der Waals surface area (Å²) in [6, 6.07) is 7.66. The van der Waals surface area contributed by atoms with Crippen molar-refractivity contribution in [2.75, 3.05) is 37.6 Å². The van der Waals surface area contributed by atoms with Crippen molar-refractivity contribution in [1.82, 2.24) is 9.97 Å². The van der Waals surface area contributed by atoms with Gasteiger partial charge in [-0.25, -0.2) is 14.8 Å². The predicted octanol–water partition coefficient (Wildman–Crippen LogP) is 1.85. The van der Waals surface area contributed by atoms with E-state index in [1.165, 1.54) is 37.4 Å². The van der Waals surface area contributed by atoms with Crippen LogP contribution in [0, 0.1) is 11.3 Å². The number of carbonyl (C=O) groups is 2. The Morgan fingerprint density at radius 2 is 2.23 bits per heavy atom. The number of hydrogen-bond acceptors (Lipinski definition) is 7. The summed E-state index contributed by atoms with van der Waals surface area (Å²) in [5, 5.41) is 11.7. The summed E-state index contributed by atoms with van der Waals surface area (Å²) in [6.45, 7) is 0.612. The number of rotatable bonds is 7. The van der Waals surface area contributed by atoms with Crippen LogP contribution in [0.1, 0.15) is 16.1 Å². The van der Waals surface area contributed by atoms with Crippen LogP contribution in [-0.4, -0.2) is 49.7 Å². The predicted molar refractivity (Wildman–Crippen MR) is 93.4 cm³/mol. The summed E-state index contributed by atoms with van der Waals surface area (Å²) < 4.78 is 10.4. The Labute approximate surface area is 150 Å². The minimum absolute atomic E-state index is 0.208. The summed E-state index contributed by atoms with van der Waals surface area (Å²) in [5.41, 5.74) is 0.459. The number of aldehydes is 1. The molecule has 0 aliphatic rings. The topological polar surface area (TPSA) is 117 Å². The molecule has 1 N–H and O–H groups in total. The fraction of sp³-hybridized carbons (Fsp3) is 0.235. The Morgan fingerprint density at radius 3 is 2.92 bits per heavy atom. The van der Waals surface area contributed by atoms with E-state index in [1.807, 2.05) is 6.07 Å². The van der Waals surface area contributed by atoms with Crippen molar-refractivity contribution in [2.45, 2.75) is 0 Å². The van der Waals surface area contributed by atoms with Gasteiger partial charge in [0.05, 0.1) is 12.8 Å². The molecule has 2 aromatic rings. The first-order chi connectivity index (χ1) is 12.6. The first-order valence-corrected chi connectivity index (χ1v) is 7.58. The molecular weight excluding hydrogens is 338 g/mol. The standard InChI is InChI=1S/C17H17N5O4/c1-22(16-5-3-4-13(11-23)20-16)17(24)21-15-8-14(26-7-6-25-2)12(9-18)10-19-15/h3-5,8,10-11H,6-7H2,1-2H3,(H,19,21,24). The molecule has 2 heterocycles. The van der Waals surface area contributed by atoms with Gasteiger partial charge in [-0.05, 0) is 12.1 Å². The number of hydrogen-bond donors (Lipinski definition) is 1. The molecule has 0 saturated heterocycles. The van der Waals surface area contributed by atoms with E-state index >= 15 is 0 Å². The number of aromatic nitrogens is 2. The lowest BCUT2D eigenvalue weighted by Crippen LogP contribution is -2.32. The van der Waals surface area contributed by atoms with Crippen molar-refractivity contribution in [2.24, 2.45) is 0 Å². The highest BCUT2D eigenvalue weighted by Crippen LogP contribution is 2.21. The summed E-state index contributed by atoms with van der Waals surface area (Å²) in [6.07, 6.45) is 1.91. The van der Waals surface area contributed by atoms with Gasteiger partial charge in [-0.2, -0.15) is 5.26 Å². The maximum absolute atomic E-state index is 12.4. The van der Waals surface area contributed by atoms with E-state index in [0.717, 1.165) is 0 Å². The number of nitrogens with zero attached hydrogens (tertiary/aromatic N) is 4. The number of pyridine rings is 2. The van der Waals surface area contributed by atoms with Gasteiger partial charge in [0, 0.05) is 20.2 Å². The average Bonchev–Trinajstić information content (AvgIpc) is 2.67. The zero-order valence-corrected chi connectivity index (χ0v) is 14.3. The normalized spacial score (nSPS) is 9.88. The van der Waals surface area contributed by atoms with Crippen LogP contribution in [0.2, 0.25) is 0 Å². The number of methoxy groups -OCH3 is 1. The lowest BCUT2D eigenvalue weighted by molar-refractivity contribution is 0.111. The van der Waals surface area contributed by atoms with Crippen LogP contribution in [-0.2, 0) is 4.74 Å². The number of anilines is 2. The van der Waals surface area contributed by atoms with Crippen LogP contribution < -0.4 is 15.0 Å². The maximum atomic E-state index is 12.4. The zero-order chi connectivity index (χ0) is 18.9. The quantitative estimate of drug-likeness (QED) is 0.595. The third kappa shape index (κ3) is 4.75. The number of urea groups is 1. The molecule has 0 aliphatic carbocycles. The minimum atomic E-state index is -0.513. The Bertz CT molecular complexity index is 834. The van der Waals surface area contributed by atoms with E-state index in [-0.39, 0.29) is 23.7 Å². The van der Waals surface area contributed by atoms with Gasteiger partial charge in [-0.1, -0.05) is 6.07 Å². The van der Waals surface area contributed by atoms with Crippen molar-refractivity contribution in [3.05, 3.63) is 41.7 Å². The number of ether oxygens (including phenoxy) is 2. The number of amides is 2. The Morgan fingerprint density at radius 1 is 1.42 bits per heavy atom. The molecule has 0 bridgehead atoms. The molecule has 0 unspecified atom stereocenters. The van der Waals surface area contributed by atoms with Gasteiger partial charge in [-0.15, -0.1) is 0 Å². The monoisotopic (exact) mass is 355 g/mol.